The average molecular weight is 372 g/mol. The lowest BCUT2D eigenvalue weighted by Crippen LogP contribution is -2.24. The Morgan fingerprint density at radius 2 is 1.93 bits per heavy atom. The molecule has 2 rings (SSSR count). The first kappa shape index (κ1) is 19.7. The minimum atomic E-state index is -0.846. The van der Waals surface area contributed by atoms with Gasteiger partial charge in [-0.3, -0.25) is 10.1 Å². The Morgan fingerprint density at radius 1 is 1.19 bits per heavy atom. The summed E-state index contributed by atoms with van der Waals surface area (Å²) >= 11 is 0. The Bertz CT molecular complexity index is 867. The number of amides is 2. The molecular weight excluding hydrogens is 352 g/mol. The zero-order chi connectivity index (χ0) is 19.8. The van der Waals surface area contributed by atoms with Gasteiger partial charge in [0.15, 0.2) is 0 Å². The van der Waals surface area contributed by atoms with Gasteiger partial charge < -0.3 is 15.2 Å². The molecule has 9 nitrogen and oxygen atoms in total. The molecule has 27 heavy (non-hydrogen) atoms. The highest BCUT2D eigenvalue weighted by Gasteiger charge is 2.11. The standard InChI is InChI=1S/C18H20N4O5/c1-12-3-5-16(9-13(12)2)26-7-8-27-17-6-4-15(22(24)25)10-14(17)11-20-21-18(19)23/h3-6,9-11H,7-8H2,1-2H3,(H3,19,21,23). The molecule has 0 heterocycles. The molecular formula is C18H20N4O5. The lowest BCUT2D eigenvalue weighted by atomic mass is 10.1. The van der Waals surface area contributed by atoms with E-state index < -0.39 is 11.0 Å². The molecule has 0 saturated heterocycles. The minimum absolute atomic E-state index is 0.130. The van der Waals surface area contributed by atoms with Gasteiger partial charge in [-0.05, 0) is 43.2 Å². The Labute approximate surface area is 155 Å². The molecule has 0 fully saturated rings. The molecule has 0 unspecified atom stereocenters. The van der Waals surface area contributed by atoms with Crippen LogP contribution in [0.2, 0.25) is 0 Å². The number of urea groups is 1. The maximum atomic E-state index is 10.9. The maximum Gasteiger partial charge on any atom is 0.332 e. The highest BCUT2D eigenvalue weighted by Crippen LogP contribution is 2.23. The van der Waals surface area contributed by atoms with Crippen LogP contribution in [0.1, 0.15) is 16.7 Å². The molecule has 0 radical (unpaired) electrons. The van der Waals surface area contributed by atoms with E-state index in [0.29, 0.717) is 11.3 Å². The predicted molar refractivity (Wildman–Crippen MR) is 100 cm³/mol. The van der Waals surface area contributed by atoms with E-state index in [0.717, 1.165) is 11.3 Å². The van der Waals surface area contributed by atoms with Gasteiger partial charge in [0.2, 0.25) is 0 Å². The number of non-ortho nitro benzene ring substituents is 1. The Morgan fingerprint density at radius 3 is 2.59 bits per heavy atom. The van der Waals surface area contributed by atoms with E-state index in [4.69, 9.17) is 15.2 Å². The van der Waals surface area contributed by atoms with Crippen LogP contribution in [0.4, 0.5) is 10.5 Å². The number of nitro groups is 1. The van der Waals surface area contributed by atoms with E-state index in [1.54, 1.807) is 0 Å². The monoisotopic (exact) mass is 372 g/mol. The number of nitrogens with one attached hydrogen (secondary N) is 1. The summed E-state index contributed by atoms with van der Waals surface area (Å²) < 4.78 is 11.3. The number of carbonyl (C=O) groups is 1. The summed E-state index contributed by atoms with van der Waals surface area (Å²) in [4.78, 5) is 21.1. The van der Waals surface area contributed by atoms with E-state index in [1.165, 1.54) is 30.0 Å². The summed E-state index contributed by atoms with van der Waals surface area (Å²) in [5.74, 6) is 1.09. The normalized spacial score (nSPS) is 10.6. The van der Waals surface area contributed by atoms with Crippen LogP contribution in [0.5, 0.6) is 11.5 Å². The minimum Gasteiger partial charge on any atom is -0.490 e. The summed E-state index contributed by atoms with van der Waals surface area (Å²) in [7, 11) is 0. The smallest absolute Gasteiger partial charge is 0.332 e. The summed E-state index contributed by atoms with van der Waals surface area (Å²) in [5, 5.41) is 14.5. The molecule has 0 aliphatic carbocycles. The van der Waals surface area contributed by atoms with Crippen LogP contribution >= 0.6 is 0 Å². The zero-order valence-electron chi connectivity index (χ0n) is 15.0. The van der Waals surface area contributed by atoms with Crippen LogP contribution in [0.15, 0.2) is 41.5 Å². The molecule has 0 bridgehead atoms. The van der Waals surface area contributed by atoms with Crippen molar-refractivity contribution in [3.63, 3.8) is 0 Å². The molecule has 0 spiro atoms. The first-order chi connectivity index (χ1) is 12.9. The summed E-state index contributed by atoms with van der Waals surface area (Å²) in [6.07, 6.45) is 1.22. The molecule has 0 aliphatic heterocycles. The molecule has 2 amide bonds. The SMILES string of the molecule is Cc1ccc(OCCOc2ccc([N+](=O)[O-])cc2C=NNC(N)=O)cc1C. The van der Waals surface area contributed by atoms with E-state index in [2.05, 4.69) is 5.10 Å². The molecule has 0 atom stereocenters. The number of hydrogen-bond donors (Lipinski definition) is 2. The van der Waals surface area contributed by atoms with Gasteiger partial charge in [-0.15, -0.1) is 0 Å². The molecule has 2 aromatic carbocycles. The molecule has 0 aliphatic rings. The summed E-state index contributed by atoms with van der Waals surface area (Å²) in [6, 6.07) is 9.00. The van der Waals surface area contributed by atoms with Crippen LogP contribution in [-0.4, -0.2) is 30.4 Å². The van der Waals surface area contributed by atoms with Crippen molar-refractivity contribution in [1.29, 1.82) is 0 Å². The average Bonchev–Trinajstić information content (AvgIpc) is 2.62. The van der Waals surface area contributed by atoms with E-state index in [-0.39, 0.29) is 18.9 Å². The highest BCUT2D eigenvalue weighted by molar-refractivity contribution is 5.85. The van der Waals surface area contributed by atoms with Crippen LogP contribution in [0.25, 0.3) is 0 Å². The van der Waals surface area contributed by atoms with Gasteiger partial charge in [-0.2, -0.15) is 5.10 Å². The number of benzene rings is 2. The zero-order valence-corrected chi connectivity index (χ0v) is 15.0. The third kappa shape index (κ3) is 5.99. The molecule has 0 saturated carbocycles. The Hall–Kier alpha value is -3.62. The number of hydrazone groups is 1. The van der Waals surface area contributed by atoms with Gasteiger partial charge in [0.1, 0.15) is 24.7 Å². The van der Waals surface area contributed by atoms with Crippen molar-refractivity contribution in [3.8, 4) is 11.5 Å². The quantitative estimate of drug-likeness (QED) is 0.318. The van der Waals surface area contributed by atoms with Crippen LogP contribution in [0.3, 0.4) is 0 Å². The first-order valence-corrected chi connectivity index (χ1v) is 8.06. The number of nitro benzene ring substituents is 1. The van der Waals surface area contributed by atoms with Crippen molar-refractivity contribution < 1.29 is 19.2 Å². The fourth-order valence-corrected chi connectivity index (χ4v) is 2.16. The van der Waals surface area contributed by atoms with Crippen LogP contribution in [-0.2, 0) is 0 Å². The number of ether oxygens (including phenoxy) is 2. The van der Waals surface area contributed by atoms with E-state index in [1.807, 2.05) is 37.5 Å². The van der Waals surface area contributed by atoms with Crippen molar-refractivity contribution in [2.24, 2.45) is 10.8 Å². The summed E-state index contributed by atoms with van der Waals surface area (Å²) in [5.41, 5.74) is 9.45. The first-order valence-electron chi connectivity index (χ1n) is 8.06. The van der Waals surface area contributed by atoms with Gasteiger partial charge in [0.05, 0.1) is 11.1 Å². The van der Waals surface area contributed by atoms with Crippen LogP contribution < -0.4 is 20.6 Å². The Kier molecular flexibility index (Phi) is 6.70. The molecule has 142 valence electrons. The molecule has 3 N–H and O–H groups in total. The van der Waals surface area contributed by atoms with Gasteiger partial charge >= 0.3 is 6.03 Å². The summed E-state index contributed by atoms with van der Waals surface area (Å²) in [6.45, 7) is 4.53. The largest absolute Gasteiger partial charge is 0.490 e. The number of rotatable bonds is 8. The fraction of sp³-hybridized carbons (Fsp3) is 0.222. The second-order valence-electron chi connectivity index (χ2n) is 5.66. The van der Waals surface area contributed by atoms with Gasteiger partial charge in [-0.1, -0.05) is 6.07 Å². The van der Waals surface area contributed by atoms with Crippen molar-refractivity contribution in [2.75, 3.05) is 13.2 Å². The van der Waals surface area contributed by atoms with E-state index in [9.17, 15) is 14.9 Å². The lowest BCUT2D eigenvalue weighted by molar-refractivity contribution is -0.384. The number of nitrogens with two attached hydrogens (primary N) is 1. The highest BCUT2D eigenvalue weighted by atomic mass is 16.6. The van der Waals surface area contributed by atoms with Crippen molar-refractivity contribution in [3.05, 3.63) is 63.2 Å². The van der Waals surface area contributed by atoms with Gasteiger partial charge in [-0.25, -0.2) is 10.2 Å². The van der Waals surface area contributed by atoms with Gasteiger partial charge in [0, 0.05) is 17.7 Å². The third-order valence-corrected chi connectivity index (χ3v) is 3.67. The number of hydrogen-bond acceptors (Lipinski definition) is 6. The maximum absolute atomic E-state index is 10.9. The predicted octanol–water partition coefficient (Wildman–Crippen LogP) is 2.67. The third-order valence-electron chi connectivity index (χ3n) is 3.67. The lowest BCUT2D eigenvalue weighted by Gasteiger charge is -2.11. The van der Waals surface area contributed by atoms with Crippen molar-refractivity contribution >= 4 is 17.9 Å². The van der Waals surface area contributed by atoms with E-state index >= 15 is 0 Å². The number of aryl methyl sites for hydroxylation is 2. The van der Waals surface area contributed by atoms with Gasteiger partial charge in [0.25, 0.3) is 5.69 Å². The Balaban J connectivity index is 2.01. The van der Waals surface area contributed by atoms with Crippen LogP contribution in [0, 0.1) is 24.0 Å². The molecule has 0 aromatic heterocycles. The second-order valence-corrected chi connectivity index (χ2v) is 5.66. The number of nitrogens with zero attached hydrogens (tertiary/aromatic N) is 2. The van der Waals surface area contributed by atoms with Crippen molar-refractivity contribution in [2.45, 2.75) is 13.8 Å². The van der Waals surface area contributed by atoms with Crippen molar-refractivity contribution in [1.82, 2.24) is 5.43 Å². The number of primary amides is 1. The molecule has 2 aromatic rings. The topological polar surface area (TPSA) is 129 Å². The second kappa shape index (κ2) is 9.18. The molecule has 9 heteroatoms. The number of carbonyl (C=O) groups excluding carboxylic acids is 1. The fourth-order valence-electron chi connectivity index (χ4n) is 2.16.